The SMILES string of the molecule is COc1ccc(C(=O)c2oc3ccccc3c2NCC(=O)c2cccc([N+](=O)[O-])c2)cc1Br. The Kier molecular flexibility index (Phi) is 6.23. The lowest BCUT2D eigenvalue weighted by Crippen LogP contribution is -2.15. The maximum absolute atomic E-state index is 13.3. The zero-order valence-electron chi connectivity index (χ0n) is 17.3. The van der Waals surface area contributed by atoms with Gasteiger partial charge in [0, 0.05) is 28.6 Å². The normalized spacial score (nSPS) is 10.7. The van der Waals surface area contributed by atoms with Crippen LogP contribution in [0.4, 0.5) is 11.4 Å². The number of non-ortho nitro benzene ring substituents is 1. The second kappa shape index (κ2) is 9.25. The molecule has 166 valence electrons. The largest absolute Gasteiger partial charge is 0.496 e. The molecule has 0 aliphatic carbocycles. The van der Waals surface area contributed by atoms with Crippen molar-refractivity contribution in [2.24, 2.45) is 0 Å². The topological polar surface area (TPSA) is 112 Å². The Hall–Kier alpha value is -3.98. The van der Waals surface area contributed by atoms with Gasteiger partial charge >= 0.3 is 0 Å². The number of para-hydroxylation sites is 1. The van der Waals surface area contributed by atoms with E-state index in [-0.39, 0.29) is 35.1 Å². The summed E-state index contributed by atoms with van der Waals surface area (Å²) in [7, 11) is 1.53. The van der Waals surface area contributed by atoms with Crippen LogP contribution in [0.5, 0.6) is 5.75 Å². The van der Waals surface area contributed by atoms with Crippen LogP contribution in [0.3, 0.4) is 0 Å². The second-order valence-corrected chi connectivity index (χ2v) is 7.92. The van der Waals surface area contributed by atoms with E-state index in [1.54, 1.807) is 42.5 Å². The molecule has 0 radical (unpaired) electrons. The Morgan fingerprint density at radius 1 is 1.06 bits per heavy atom. The highest BCUT2D eigenvalue weighted by Crippen LogP contribution is 2.34. The summed E-state index contributed by atoms with van der Waals surface area (Å²) < 4.78 is 11.7. The van der Waals surface area contributed by atoms with Gasteiger partial charge < -0.3 is 14.5 Å². The van der Waals surface area contributed by atoms with Crippen LogP contribution in [0.2, 0.25) is 0 Å². The molecule has 0 spiro atoms. The van der Waals surface area contributed by atoms with E-state index in [0.29, 0.717) is 32.4 Å². The van der Waals surface area contributed by atoms with Gasteiger partial charge in [0.25, 0.3) is 5.69 Å². The van der Waals surface area contributed by atoms with Crippen molar-refractivity contribution in [3.63, 3.8) is 0 Å². The number of nitrogens with zero attached hydrogens (tertiary/aromatic N) is 1. The summed E-state index contributed by atoms with van der Waals surface area (Å²) in [5.74, 6) is -0.105. The minimum atomic E-state index is -0.558. The molecule has 33 heavy (non-hydrogen) atoms. The molecule has 0 unspecified atom stereocenters. The van der Waals surface area contributed by atoms with E-state index in [2.05, 4.69) is 21.2 Å². The maximum Gasteiger partial charge on any atom is 0.270 e. The summed E-state index contributed by atoms with van der Waals surface area (Å²) in [5, 5.41) is 14.6. The van der Waals surface area contributed by atoms with Gasteiger partial charge in [-0.2, -0.15) is 0 Å². The lowest BCUT2D eigenvalue weighted by Gasteiger charge is -2.08. The summed E-state index contributed by atoms with van der Waals surface area (Å²) >= 11 is 3.38. The van der Waals surface area contributed by atoms with E-state index in [1.165, 1.54) is 31.4 Å². The molecule has 0 saturated carbocycles. The van der Waals surface area contributed by atoms with E-state index in [9.17, 15) is 19.7 Å². The first-order valence-electron chi connectivity index (χ1n) is 9.80. The number of carbonyl (C=O) groups excluding carboxylic acids is 2. The Bertz CT molecular complexity index is 1390. The van der Waals surface area contributed by atoms with Gasteiger partial charge in [-0.1, -0.05) is 24.3 Å². The highest BCUT2D eigenvalue weighted by atomic mass is 79.9. The van der Waals surface area contributed by atoms with E-state index < -0.39 is 4.92 Å². The number of carbonyl (C=O) groups is 2. The molecule has 9 heteroatoms. The van der Waals surface area contributed by atoms with E-state index in [1.807, 2.05) is 0 Å². The van der Waals surface area contributed by atoms with Gasteiger partial charge in [0.2, 0.25) is 5.78 Å². The molecule has 1 heterocycles. The number of ether oxygens (including phenoxy) is 1. The molecule has 1 N–H and O–H groups in total. The quantitative estimate of drug-likeness (QED) is 0.186. The molecule has 0 bridgehead atoms. The van der Waals surface area contributed by atoms with Gasteiger partial charge in [-0.15, -0.1) is 0 Å². The van der Waals surface area contributed by atoms with Crippen molar-refractivity contribution in [2.75, 3.05) is 19.0 Å². The highest BCUT2D eigenvalue weighted by molar-refractivity contribution is 9.10. The number of hydrogen-bond acceptors (Lipinski definition) is 7. The molecule has 1 aromatic heterocycles. The molecule has 0 atom stereocenters. The molecule has 0 amide bonds. The van der Waals surface area contributed by atoms with Gasteiger partial charge in [0.1, 0.15) is 11.3 Å². The third kappa shape index (κ3) is 4.49. The highest BCUT2D eigenvalue weighted by Gasteiger charge is 2.23. The molecule has 0 aliphatic heterocycles. The number of anilines is 1. The first-order valence-corrected chi connectivity index (χ1v) is 10.6. The third-order valence-corrected chi connectivity index (χ3v) is 5.64. The van der Waals surface area contributed by atoms with Crippen LogP contribution in [0, 0.1) is 10.1 Å². The number of fused-ring (bicyclic) bond motifs is 1. The van der Waals surface area contributed by atoms with Gasteiger partial charge in [-0.25, -0.2) is 0 Å². The third-order valence-electron chi connectivity index (χ3n) is 5.02. The van der Waals surface area contributed by atoms with Crippen LogP contribution in [0.1, 0.15) is 26.5 Å². The molecule has 0 aliphatic rings. The van der Waals surface area contributed by atoms with Crippen LogP contribution < -0.4 is 10.1 Å². The Balaban J connectivity index is 1.66. The number of hydrogen-bond donors (Lipinski definition) is 1. The average molecular weight is 509 g/mol. The fourth-order valence-electron chi connectivity index (χ4n) is 3.38. The summed E-state index contributed by atoms with van der Waals surface area (Å²) in [4.78, 5) is 36.4. The maximum atomic E-state index is 13.3. The Morgan fingerprint density at radius 3 is 2.58 bits per heavy atom. The first-order chi connectivity index (χ1) is 15.9. The van der Waals surface area contributed by atoms with Crippen LogP contribution in [0.25, 0.3) is 11.0 Å². The lowest BCUT2D eigenvalue weighted by molar-refractivity contribution is -0.384. The molecular weight excluding hydrogens is 492 g/mol. The van der Waals surface area contributed by atoms with Crippen molar-refractivity contribution >= 4 is 49.8 Å². The number of furan rings is 1. The van der Waals surface area contributed by atoms with E-state index in [0.717, 1.165) is 0 Å². The summed E-state index contributed by atoms with van der Waals surface area (Å²) in [6.45, 7) is -0.183. The Labute approximate surface area is 196 Å². The fourth-order valence-corrected chi connectivity index (χ4v) is 3.92. The van der Waals surface area contributed by atoms with Gasteiger partial charge in [0.15, 0.2) is 11.5 Å². The number of nitro benzene ring substituents is 1. The van der Waals surface area contributed by atoms with Crippen molar-refractivity contribution in [3.8, 4) is 5.75 Å². The molecule has 0 saturated heterocycles. The molecule has 4 rings (SSSR count). The number of ketones is 2. The van der Waals surface area contributed by atoms with E-state index in [4.69, 9.17) is 9.15 Å². The summed E-state index contributed by atoms with van der Waals surface area (Å²) in [6.07, 6.45) is 0. The van der Waals surface area contributed by atoms with Crippen LogP contribution in [0.15, 0.2) is 75.6 Å². The summed E-state index contributed by atoms with van der Waals surface area (Å²) in [6, 6.07) is 17.5. The smallest absolute Gasteiger partial charge is 0.270 e. The standard InChI is InChI=1S/C24H17BrN2O6/c1-32-21-10-9-15(12-18(21)25)23(29)24-22(17-7-2-3-8-20(17)33-24)26-13-19(28)14-5-4-6-16(11-14)27(30)31/h2-12,26H,13H2,1H3. The zero-order chi connectivity index (χ0) is 23.5. The number of rotatable bonds is 8. The fraction of sp³-hybridized carbons (Fsp3) is 0.0833. The molecule has 3 aromatic carbocycles. The number of nitrogens with one attached hydrogen (secondary N) is 1. The molecule has 4 aromatic rings. The van der Waals surface area contributed by atoms with E-state index >= 15 is 0 Å². The molecule has 0 fully saturated rings. The number of halogens is 1. The van der Waals surface area contributed by atoms with Crippen molar-refractivity contribution in [2.45, 2.75) is 0 Å². The molecule has 8 nitrogen and oxygen atoms in total. The number of Topliss-reactive ketones (excluding diaryl/α,β-unsaturated/α-hetero) is 1. The predicted molar refractivity (Wildman–Crippen MR) is 126 cm³/mol. The van der Waals surface area contributed by atoms with Crippen LogP contribution in [-0.4, -0.2) is 30.1 Å². The van der Waals surface area contributed by atoms with Crippen molar-refractivity contribution in [3.05, 3.63) is 98.2 Å². The minimum absolute atomic E-state index is 0.0557. The summed E-state index contributed by atoms with van der Waals surface area (Å²) in [5.41, 5.74) is 1.25. The van der Waals surface area contributed by atoms with Crippen molar-refractivity contribution in [1.29, 1.82) is 0 Å². The monoisotopic (exact) mass is 508 g/mol. The molecular formula is C24H17BrN2O6. The van der Waals surface area contributed by atoms with Crippen LogP contribution in [-0.2, 0) is 0 Å². The number of benzene rings is 3. The van der Waals surface area contributed by atoms with Gasteiger partial charge in [-0.3, -0.25) is 19.7 Å². The first kappa shape index (κ1) is 22.2. The number of methoxy groups -OCH3 is 1. The van der Waals surface area contributed by atoms with Gasteiger partial charge in [0.05, 0.1) is 28.7 Å². The van der Waals surface area contributed by atoms with Crippen molar-refractivity contribution in [1.82, 2.24) is 0 Å². The minimum Gasteiger partial charge on any atom is -0.496 e. The van der Waals surface area contributed by atoms with Crippen molar-refractivity contribution < 1.29 is 23.7 Å². The second-order valence-electron chi connectivity index (χ2n) is 7.06. The lowest BCUT2D eigenvalue weighted by atomic mass is 10.1. The predicted octanol–water partition coefficient (Wildman–Crippen LogP) is 5.64. The zero-order valence-corrected chi connectivity index (χ0v) is 18.9. The Morgan fingerprint density at radius 2 is 1.85 bits per heavy atom. The number of nitro groups is 1. The van der Waals surface area contributed by atoms with Gasteiger partial charge in [-0.05, 0) is 46.3 Å². The van der Waals surface area contributed by atoms with Crippen LogP contribution >= 0.6 is 15.9 Å². The average Bonchev–Trinajstić information content (AvgIpc) is 3.20.